The van der Waals surface area contributed by atoms with E-state index in [9.17, 15) is 9.59 Å². The van der Waals surface area contributed by atoms with Crippen LogP contribution in [0.4, 0.5) is 0 Å². The number of methoxy groups -OCH3 is 1. The van der Waals surface area contributed by atoms with E-state index in [0.29, 0.717) is 6.42 Å². The molecule has 0 aliphatic heterocycles. The summed E-state index contributed by atoms with van der Waals surface area (Å²) in [5.41, 5.74) is 0.970. The van der Waals surface area contributed by atoms with Crippen LogP contribution in [-0.2, 0) is 20.7 Å². The summed E-state index contributed by atoms with van der Waals surface area (Å²) in [6.07, 6.45) is 0.423. The number of halogens is 1. The van der Waals surface area contributed by atoms with Crippen molar-refractivity contribution in [2.75, 3.05) is 12.4 Å². The number of ether oxygens (including phenoxy) is 1. The van der Waals surface area contributed by atoms with Gasteiger partial charge in [-0.15, -0.1) is 0 Å². The second-order valence-corrected chi connectivity index (χ2v) is 4.03. The molecule has 0 heterocycles. The van der Waals surface area contributed by atoms with Crippen LogP contribution < -0.4 is 5.32 Å². The molecule has 5 heteroatoms. The van der Waals surface area contributed by atoms with Crippen LogP contribution in [0.2, 0.25) is 0 Å². The van der Waals surface area contributed by atoms with Crippen LogP contribution in [0.5, 0.6) is 0 Å². The minimum Gasteiger partial charge on any atom is -0.467 e. The highest BCUT2D eigenvalue weighted by atomic mass is 79.9. The van der Waals surface area contributed by atoms with Crippen LogP contribution in [0.25, 0.3) is 0 Å². The molecule has 0 saturated carbocycles. The Balaban J connectivity index is 2.70. The highest BCUT2D eigenvalue weighted by molar-refractivity contribution is 9.09. The largest absolute Gasteiger partial charge is 0.467 e. The predicted molar refractivity (Wildman–Crippen MR) is 67.9 cm³/mol. The Labute approximate surface area is 108 Å². The maximum Gasteiger partial charge on any atom is 0.328 e. The molecule has 4 nitrogen and oxygen atoms in total. The maximum atomic E-state index is 11.5. The van der Waals surface area contributed by atoms with Crippen LogP contribution >= 0.6 is 15.9 Å². The summed E-state index contributed by atoms with van der Waals surface area (Å²) >= 11 is 3.04. The molecule has 0 saturated heterocycles. The van der Waals surface area contributed by atoms with E-state index >= 15 is 0 Å². The van der Waals surface area contributed by atoms with Crippen molar-refractivity contribution in [3.8, 4) is 0 Å². The lowest BCUT2D eigenvalue weighted by Gasteiger charge is -2.15. The number of nitrogens with one attached hydrogen (secondary N) is 1. The van der Waals surface area contributed by atoms with Crippen LogP contribution in [0.15, 0.2) is 30.3 Å². The van der Waals surface area contributed by atoms with Gasteiger partial charge in [0, 0.05) is 6.42 Å². The van der Waals surface area contributed by atoms with Crippen LogP contribution in [0.1, 0.15) is 5.56 Å². The lowest BCUT2D eigenvalue weighted by Crippen LogP contribution is -2.43. The number of alkyl halides is 1. The Kier molecular flexibility index (Phi) is 5.69. The van der Waals surface area contributed by atoms with Gasteiger partial charge in [0.05, 0.1) is 12.4 Å². The molecule has 0 bridgehead atoms. The number of carbonyl (C=O) groups excluding carboxylic acids is 2. The molecular formula is C12H14BrNO3. The first-order chi connectivity index (χ1) is 8.17. The number of rotatable bonds is 5. The van der Waals surface area contributed by atoms with Crippen LogP contribution in [-0.4, -0.2) is 30.4 Å². The molecule has 1 amide bonds. The van der Waals surface area contributed by atoms with E-state index in [1.165, 1.54) is 7.11 Å². The second kappa shape index (κ2) is 7.06. The molecule has 0 fully saturated rings. The fourth-order valence-corrected chi connectivity index (χ4v) is 1.58. The van der Waals surface area contributed by atoms with Crippen molar-refractivity contribution < 1.29 is 14.3 Å². The van der Waals surface area contributed by atoms with E-state index in [1.54, 1.807) is 0 Å². The van der Waals surface area contributed by atoms with Gasteiger partial charge in [0.2, 0.25) is 5.91 Å². The third-order valence-corrected chi connectivity index (χ3v) is 2.73. The molecule has 1 atom stereocenters. The van der Waals surface area contributed by atoms with Gasteiger partial charge in [0.1, 0.15) is 6.04 Å². The monoisotopic (exact) mass is 299 g/mol. The fourth-order valence-electron chi connectivity index (χ4n) is 1.42. The summed E-state index contributed by atoms with van der Waals surface area (Å²) in [6, 6.07) is 8.82. The van der Waals surface area contributed by atoms with E-state index in [1.807, 2.05) is 30.3 Å². The third kappa shape index (κ3) is 4.56. The SMILES string of the molecule is COC(=O)[C@@H](Cc1ccccc1)NC(=O)CBr. The highest BCUT2D eigenvalue weighted by Crippen LogP contribution is 2.04. The van der Waals surface area contributed by atoms with Crippen molar-refractivity contribution in [1.82, 2.24) is 5.32 Å². The molecule has 0 radical (unpaired) electrons. The molecule has 0 unspecified atom stereocenters. The first kappa shape index (κ1) is 13.7. The van der Waals surface area contributed by atoms with Crippen molar-refractivity contribution in [3.05, 3.63) is 35.9 Å². The smallest absolute Gasteiger partial charge is 0.328 e. The van der Waals surface area contributed by atoms with E-state index < -0.39 is 12.0 Å². The van der Waals surface area contributed by atoms with E-state index in [0.717, 1.165) is 5.56 Å². The van der Waals surface area contributed by atoms with Crippen LogP contribution in [0, 0.1) is 0 Å². The van der Waals surface area contributed by atoms with Crippen molar-refractivity contribution in [1.29, 1.82) is 0 Å². The molecule has 1 N–H and O–H groups in total. The Morgan fingerprint density at radius 2 is 2.00 bits per heavy atom. The van der Waals surface area contributed by atoms with E-state index in [4.69, 9.17) is 0 Å². The fraction of sp³-hybridized carbons (Fsp3) is 0.333. The second-order valence-electron chi connectivity index (χ2n) is 3.47. The van der Waals surface area contributed by atoms with Crippen molar-refractivity contribution in [2.24, 2.45) is 0 Å². The van der Waals surface area contributed by atoms with E-state index in [2.05, 4.69) is 26.0 Å². The van der Waals surface area contributed by atoms with Gasteiger partial charge in [0.25, 0.3) is 0 Å². The van der Waals surface area contributed by atoms with E-state index in [-0.39, 0.29) is 11.2 Å². The first-order valence-electron chi connectivity index (χ1n) is 5.14. The summed E-state index contributed by atoms with van der Waals surface area (Å²) in [5.74, 6) is -0.681. The maximum absolute atomic E-state index is 11.5. The Hall–Kier alpha value is -1.36. The number of carbonyl (C=O) groups is 2. The summed E-state index contributed by atoms with van der Waals surface area (Å²) in [5, 5.41) is 2.77. The summed E-state index contributed by atoms with van der Waals surface area (Å²) in [4.78, 5) is 22.8. The molecule has 0 aromatic heterocycles. The molecule has 1 aromatic carbocycles. The molecule has 92 valence electrons. The Morgan fingerprint density at radius 1 is 1.35 bits per heavy atom. The average Bonchev–Trinajstić information content (AvgIpc) is 2.38. The topological polar surface area (TPSA) is 55.4 Å². The van der Waals surface area contributed by atoms with Gasteiger partial charge in [0.15, 0.2) is 0 Å². The zero-order chi connectivity index (χ0) is 12.7. The normalized spacial score (nSPS) is 11.6. The van der Waals surface area contributed by atoms with Crippen molar-refractivity contribution >= 4 is 27.8 Å². The average molecular weight is 300 g/mol. The number of hydrogen-bond acceptors (Lipinski definition) is 3. The van der Waals surface area contributed by atoms with Gasteiger partial charge in [-0.1, -0.05) is 46.3 Å². The zero-order valence-electron chi connectivity index (χ0n) is 9.48. The number of hydrogen-bond donors (Lipinski definition) is 1. The summed E-state index contributed by atoms with van der Waals surface area (Å²) in [6.45, 7) is 0. The molecule has 0 spiro atoms. The van der Waals surface area contributed by atoms with Gasteiger partial charge in [-0.25, -0.2) is 4.79 Å². The molecule has 1 rings (SSSR count). The van der Waals surface area contributed by atoms with Gasteiger partial charge >= 0.3 is 5.97 Å². The standard InChI is InChI=1S/C12H14BrNO3/c1-17-12(16)10(14-11(15)8-13)7-9-5-3-2-4-6-9/h2-6,10H,7-8H2,1H3,(H,14,15)/t10-/m1/s1. The lowest BCUT2D eigenvalue weighted by molar-refractivity contribution is -0.144. The quantitative estimate of drug-likeness (QED) is 0.658. The molecule has 17 heavy (non-hydrogen) atoms. The number of amides is 1. The van der Waals surface area contributed by atoms with Gasteiger partial charge < -0.3 is 10.1 Å². The van der Waals surface area contributed by atoms with Crippen LogP contribution in [0.3, 0.4) is 0 Å². The molecule has 0 aliphatic carbocycles. The zero-order valence-corrected chi connectivity index (χ0v) is 11.1. The van der Waals surface area contributed by atoms with Gasteiger partial charge in [-0.3, -0.25) is 4.79 Å². The Morgan fingerprint density at radius 3 is 2.53 bits per heavy atom. The molecule has 0 aliphatic rings. The van der Waals surface area contributed by atoms with Gasteiger partial charge in [-0.2, -0.15) is 0 Å². The summed E-state index contributed by atoms with van der Waals surface area (Å²) in [7, 11) is 1.31. The number of benzene rings is 1. The first-order valence-corrected chi connectivity index (χ1v) is 6.26. The minimum absolute atomic E-state index is 0.162. The molecular weight excluding hydrogens is 286 g/mol. The lowest BCUT2D eigenvalue weighted by atomic mass is 10.1. The van der Waals surface area contributed by atoms with Crippen molar-refractivity contribution in [2.45, 2.75) is 12.5 Å². The van der Waals surface area contributed by atoms with Gasteiger partial charge in [-0.05, 0) is 5.56 Å². The predicted octanol–water partition coefficient (Wildman–Crippen LogP) is 1.28. The van der Waals surface area contributed by atoms with Crippen molar-refractivity contribution in [3.63, 3.8) is 0 Å². The Bertz CT molecular complexity index is 381. The highest BCUT2D eigenvalue weighted by Gasteiger charge is 2.21. The third-order valence-electron chi connectivity index (χ3n) is 2.22. The number of esters is 1. The molecule has 1 aromatic rings. The minimum atomic E-state index is -0.646. The summed E-state index contributed by atoms with van der Waals surface area (Å²) < 4.78 is 4.66.